The summed E-state index contributed by atoms with van der Waals surface area (Å²) in [6, 6.07) is 5.44. The molecule has 28 heavy (non-hydrogen) atoms. The van der Waals surface area contributed by atoms with Crippen molar-refractivity contribution >= 4 is 48.4 Å². The van der Waals surface area contributed by atoms with Crippen LogP contribution in [0.1, 0.15) is 43.4 Å². The predicted molar refractivity (Wildman–Crippen MR) is 116 cm³/mol. The molecule has 1 heterocycles. The van der Waals surface area contributed by atoms with E-state index in [1.54, 1.807) is 0 Å². The maximum Gasteiger partial charge on any atom is 0.142 e. The van der Waals surface area contributed by atoms with E-state index in [-0.39, 0.29) is 0 Å². The molecule has 0 fully saturated rings. The molecular formula is C22H29N3O3. The summed E-state index contributed by atoms with van der Waals surface area (Å²) in [7, 11) is 3.75. The molecule has 1 atom stereocenters. The van der Waals surface area contributed by atoms with Gasteiger partial charge in [-0.1, -0.05) is 18.2 Å². The molecule has 2 rings (SSSR count). The first-order valence-corrected chi connectivity index (χ1v) is 9.30. The first-order valence-electron chi connectivity index (χ1n) is 9.30. The second-order valence-corrected chi connectivity index (χ2v) is 6.27. The average Bonchev–Trinajstić information content (AvgIpc) is 3.01. The fraction of sp³-hybridized carbons (Fsp3) is 0.364. The largest absolute Gasteiger partial charge is 0.323 e. The highest BCUT2D eigenvalue weighted by Crippen LogP contribution is 2.37. The molecule has 1 unspecified atom stereocenters. The van der Waals surface area contributed by atoms with Crippen LogP contribution in [-0.4, -0.2) is 44.2 Å². The van der Waals surface area contributed by atoms with Crippen LogP contribution in [0.5, 0.6) is 0 Å². The molecule has 0 radical (unpaired) electrons. The van der Waals surface area contributed by atoms with E-state index >= 15 is 0 Å². The van der Waals surface area contributed by atoms with Crippen molar-refractivity contribution in [1.29, 1.82) is 0 Å². The third-order valence-corrected chi connectivity index (χ3v) is 4.18. The molecule has 0 amide bonds. The van der Waals surface area contributed by atoms with Gasteiger partial charge < -0.3 is 24.3 Å². The van der Waals surface area contributed by atoms with Crippen molar-refractivity contribution in [3.63, 3.8) is 0 Å². The van der Waals surface area contributed by atoms with Crippen LogP contribution in [0.15, 0.2) is 29.3 Å². The average molecular weight is 383 g/mol. The SMILES string of the molecule is C=Nc1c(/C=C\C)c2cc(CCC=O)ccc2n1C(C=O)CCC=O.CNC. The number of hydrogen-bond acceptors (Lipinski definition) is 5. The molecule has 1 aromatic carbocycles. The maximum absolute atomic E-state index is 11.6. The summed E-state index contributed by atoms with van der Waals surface area (Å²) in [6.07, 6.45) is 8.26. The summed E-state index contributed by atoms with van der Waals surface area (Å²) in [4.78, 5) is 37.2. The van der Waals surface area contributed by atoms with Crippen LogP contribution in [0.25, 0.3) is 17.0 Å². The number of benzene rings is 1. The number of aldehydes is 3. The number of aryl methyl sites for hydroxylation is 1. The molecule has 150 valence electrons. The van der Waals surface area contributed by atoms with Crippen LogP contribution in [0.4, 0.5) is 5.82 Å². The van der Waals surface area contributed by atoms with E-state index in [1.807, 2.05) is 55.9 Å². The van der Waals surface area contributed by atoms with Gasteiger partial charge in [0.25, 0.3) is 0 Å². The smallest absolute Gasteiger partial charge is 0.142 e. The number of nitrogens with one attached hydrogen (secondary N) is 1. The number of nitrogens with zero attached hydrogens (tertiary/aromatic N) is 2. The number of hydrogen-bond donors (Lipinski definition) is 1. The fourth-order valence-electron chi connectivity index (χ4n) is 3.08. The molecule has 0 saturated heterocycles. The molecule has 0 aliphatic heterocycles. The van der Waals surface area contributed by atoms with Crippen molar-refractivity contribution in [2.24, 2.45) is 4.99 Å². The Kier molecular flexibility index (Phi) is 10.4. The Balaban J connectivity index is 0.00000122. The molecule has 0 bridgehead atoms. The van der Waals surface area contributed by atoms with Gasteiger partial charge in [0.2, 0.25) is 0 Å². The van der Waals surface area contributed by atoms with Gasteiger partial charge in [-0.25, -0.2) is 4.99 Å². The van der Waals surface area contributed by atoms with Crippen LogP contribution < -0.4 is 5.32 Å². The standard InChI is InChI=1S/C20H22N2O3.C2H7N/c1-3-6-17-18-13-15(7-4-11-23)9-10-19(18)22(20(17)21-2)16(14-25)8-5-12-24;1-3-2/h3,6,9-14,16H,2,4-5,7-8H2,1H3;3H,1-2H3/b6-3-;. The lowest BCUT2D eigenvalue weighted by molar-refractivity contribution is -0.111. The number of carbonyl (C=O) groups excluding carboxylic acids is 3. The molecule has 0 aliphatic rings. The number of aliphatic imine (C=N–C) groups is 1. The van der Waals surface area contributed by atoms with Crippen LogP contribution in [-0.2, 0) is 20.8 Å². The van der Waals surface area contributed by atoms with Crippen molar-refractivity contribution in [2.75, 3.05) is 14.1 Å². The molecule has 0 aliphatic carbocycles. The number of rotatable bonds is 10. The predicted octanol–water partition coefficient (Wildman–Crippen LogP) is 3.69. The number of carbonyl (C=O) groups is 3. The molecule has 0 spiro atoms. The second-order valence-electron chi connectivity index (χ2n) is 6.27. The van der Waals surface area contributed by atoms with Crippen LogP contribution in [0, 0.1) is 0 Å². The highest BCUT2D eigenvalue weighted by Gasteiger charge is 2.21. The van der Waals surface area contributed by atoms with Crippen molar-refractivity contribution in [2.45, 2.75) is 38.6 Å². The minimum Gasteiger partial charge on any atom is -0.323 e. The summed E-state index contributed by atoms with van der Waals surface area (Å²) in [5.74, 6) is 0.614. The van der Waals surface area contributed by atoms with Gasteiger partial charge in [0.1, 0.15) is 24.7 Å². The molecular weight excluding hydrogens is 354 g/mol. The summed E-state index contributed by atoms with van der Waals surface area (Å²) in [5.41, 5.74) is 2.81. The quantitative estimate of drug-likeness (QED) is 0.501. The van der Waals surface area contributed by atoms with E-state index in [4.69, 9.17) is 0 Å². The van der Waals surface area contributed by atoms with Gasteiger partial charge in [0.05, 0.1) is 11.6 Å². The second kappa shape index (κ2) is 12.5. The normalized spacial score (nSPS) is 11.7. The lowest BCUT2D eigenvalue weighted by Crippen LogP contribution is -2.10. The topological polar surface area (TPSA) is 80.5 Å². The highest BCUT2D eigenvalue weighted by molar-refractivity contribution is 5.96. The molecule has 6 heteroatoms. The van der Waals surface area contributed by atoms with Gasteiger partial charge in [0.15, 0.2) is 0 Å². The lowest BCUT2D eigenvalue weighted by atomic mass is 10.1. The van der Waals surface area contributed by atoms with Crippen LogP contribution >= 0.6 is 0 Å². The Morgan fingerprint density at radius 1 is 1.18 bits per heavy atom. The minimum atomic E-state index is -0.479. The number of aromatic nitrogens is 1. The summed E-state index contributed by atoms with van der Waals surface area (Å²) in [6.45, 7) is 5.57. The summed E-state index contributed by atoms with van der Waals surface area (Å²) < 4.78 is 1.84. The molecule has 0 saturated carbocycles. The zero-order valence-corrected chi connectivity index (χ0v) is 16.9. The van der Waals surface area contributed by atoms with E-state index in [1.165, 1.54) is 0 Å². The van der Waals surface area contributed by atoms with Crippen molar-refractivity contribution in [3.8, 4) is 0 Å². The van der Waals surface area contributed by atoms with Gasteiger partial charge >= 0.3 is 0 Å². The Morgan fingerprint density at radius 3 is 2.39 bits per heavy atom. The van der Waals surface area contributed by atoms with E-state index in [0.29, 0.717) is 31.5 Å². The monoisotopic (exact) mass is 383 g/mol. The van der Waals surface area contributed by atoms with E-state index in [2.05, 4.69) is 17.0 Å². The fourth-order valence-corrected chi connectivity index (χ4v) is 3.08. The Hall–Kier alpha value is -2.86. The first-order chi connectivity index (χ1) is 13.6. The summed E-state index contributed by atoms with van der Waals surface area (Å²) in [5, 5.41) is 3.71. The lowest BCUT2D eigenvalue weighted by Gasteiger charge is -2.15. The molecule has 1 aromatic heterocycles. The zero-order chi connectivity index (χ0) is 20.9. The van der Waals surface area contributed by atoms with Crippen molar-refractivity contribution < 1.29 is 14.4 Å². The van der Waals surface area contributed by atoms with Crippen LogP contribution in [0.2, 0.25) is 0 Å². The van der Waals surface area contributed by atoms with Crippen molar-refractivity contribution in [1.82, 2.24) is 9.88 Å². The molecule has 1 N–H and O–H groups in total. The Labute approximate surface area is 166 Å². The first kappa shape index (κ1) is 23.2. The number of fused-ring (bicyclic) bond motifs is 1. The van der Waals surface area contributed by atoms with Gasteiger partial charge in [-0.15, -0.1) is 0 Å². The molecule has 6 nitrogen and oxygen atoms in total. The maximum atomic E-state index is 11.6. The van der Waals surface area contributed by atoms with Crippen molar-refractivity contribution in [3.05, 3.63) is 35.4 Å². The van der Waals surface area contributed by atoms with Gasteiger partial charge in [0, 0.05) is 23.8 Å². The van der Waals surface area contributed by atoms with Gasteiger partial charge in [-0.3, -0.25) is 0 Å². The third-order valence-electron chi connectivity index (χ3n) is 4.18. The van der Waals surface area contributed by atoms with Gasteiger partial charge in [-0.05, 0) is 58.3 Å². The molecule has 2 aromatic rings. The number of allylic oxidation sites excluding steroid dienone is 1. The zero-order valence-electron chi connectivity index (χ0n) is 16.9. The van der Waals surface area contributed by atoms with Gasteiger partial charge in [-0.2, -0.15) is 0 Å². The Bertz CT molecular complexity index is 837. The highest BCUT2D eigenvalue weighted by atomic mass is 16.1. The minimum absolute atomic E-state index is 0.302. The summed E-state index contributed by atoms with van der Waals surface area (Å²) >= 11 is 0. The third kappa shape index (κ3) is 5.57. The van der Waals surface area contributed by atoms with E-state index in [9.17, 15) is 14.4 Å². The van der Waals surface area contributed by atoms with E-state index in [0.717, 1.165) is 40.9 Å². The van der Waals surface area contributed by atoms with Crippen LogP contribution in [0.3, 0.4) is 0 Å². The van der Waals surface area contributed by atoms with E-state index < -0.39 is 6.04 Å². The Morgan fingerprint density at radius 2 is 1.86 bits per heavy atom.